The molecule has 83 valence electrons. The molecular weight excluding hydrogens is 222 g/mol. The number of halogens is 1. The molecule has 0 saturated carbocycles. The maximum Gasteiger partial charge on any atom is 0.569 e. The quantitative estimate of drug-likeness (QED) is 0.686. The van der Waals surface area contributed by atoms with Gasteiger partial charge in [0.2, 0.25) is 0 Å². The predicted octanol–water partition coefficient (Wildman–Crippen LogP) is 2.63. The van der Waals surface area contributed by atoms with Gasteiger partial charge in [0.05, 0.1) is 0 Å². The fourth-order valence-corrected chi connectivity index (χ4v) is 1.90. The lowest BCUT2D eigenvalue weighted by atomic mass is 10.1. The summed E-state index contributed by atoms with van der Waals surface area (Å²) in [5.41, 5.74) is 0.937. The van der Waals surface area contributed by atoms with E-state index in [1.807, 2.05) is 18.2 Å². The number of fused-ring (bicyclic) bond motifs is 3. The van der Waals surface area contributed by atoms with E-state index in [0.717, 1.165) is 10.8 Å². The first-order valence-corrected chi connectivity index (χ1v) is 5.03. The fraction of sp³-hybridized carbons (Fsp3) is 0. The Bertz CT molecular complexity index is 693. The Labute approximate surface area is 96.7 Å². The minimum atomic E-state index is -0.582. The Morgan fingerprint density at radius 3 is 2.76 bits per heavy atom. The highest BCUT2D eigenvalue weighted by molar-refractivity contribution is 6.18. The van der Waals surface area contributed by atoms with Gasteiger partial charge in [-0.25, -0.2) is 4.39 Å². The van der Waals surface area contributed by atoms with Crippen LogP contribution in [0.1, 0.15) is 0 Å². The van der Waals surface area contributed by atoms with Crippen molar-refractivity contribution in [3.8, 4) is 5.75 Å². The van der Waals surface area contributed by atoms with Crippen molar-refractivity contribution in [2.75, 3.05) is 0 Å². The Morgan fingerprint density at radius 1 is 1.12 bits per heavy atom. The molecule has 5 heteroatoms. The average molecular weight is 229 g/mol. The van der Waals surface area contributed by atoms with Gasteiger partial charge in [0.25, 0.3) is 0 Å². The van der Waals surface area contributed by atoms with Crippen LogP contribution < -0.4 is 4.65 Å². The van der Waals surface area contributed by atoms with E-state index >= 15 is 0 Å². The third-order valence-electron chi connectivity index (χ3n) is 2.62. The molecule has 0 aliphatic heterocycles. The van der Waals surface area contributed by atoms with E-state index in [2.05, 4.69) is 0 Å². The molecule has 3 rings (SSSR count). The lowest BCUT2D eigenvalue weighted by molar-refractivity contribution is 0.429. The zero-order valence-electron chi connectivity index (χ0n) is 8.68. The van der Waals surface area contributed by atoms with Gasteiger partial charge in [0, 0.05) is 10.8 Å². The summed E-state index contributed by atoms with van der Waals surface area (Å²) < 4.78 is 23.8. The van der Waals surface area contributed by atoms with E-state index < -0.39 is 5.82 Å². The minimum Gasteiger partial charge on any atom is -0.533 e. The smallest absolute Gasteiger partial charge is 0.533 e. The molecule has 1 heterocycles. The normalized spacial score (nSPS) is 10.9. The van der Waals surface area contributed by atoms with Crippen LogP contribution in [0.5, 0.6) is 5.75 Å². The van der Waals surface area contributed by atoms with Crippen LogP contribution in [0.25, 0.3) is 21.9 Å². The highest BCUT2D eigenvalue weighted by Gasteiger charge is 2.15. The van der Waals surface area contributed by atoms with E-state index in [-0.39, 0.29) is 11.3 Å². The van der Waals surface area contributed by atoms with Gasteiger partial charge in [0.15, 0.2) is 17.1 Å². The van der Waals surface area contributed by atoms with Crippen molar-refractivity contribution < 1.29 is 18.5 Å². The maximum atomic E-state index is 13.5. The molecule has 0 fully saturated rings. The summed E-state index contributed by atoms with van der Waals surface area (Å²) in [6, 6.07) is 10.3. The Balaban J connectivity index is 2.42. The van der Waals surface area contributed by atoms with Gasteiger partial charge in [-0.05, 0) is 18.2 Å². The second-order valence-electron chi connectivity index (χ2n) is 3.57. The number of hydrogen-bond donors (Lipinski definition) is 1. The first kappa shape index (κ1) is 10.2. The van der Waals surface area contributed by atoms with Crippen molar-refractivity contribution in [2.45, 2.75) is 0 Å². The number of hydrogen-bond acceptors (Lipinski definition) is 3. The SMILES string of the molecule is O[B]Oc1c(F)ccc2c1oc1ccccc12. The lowest BCUT2D eigenvalue weighted by Crippen LogP contribution is -2.01. The third-order valence-corrected chi connectivity index (χ3v) is 2.62. The lowest BCUT2D eigenvalue weighted by Gasteiger charge is -2.02. The molecule has 3 nitrogen and oxygen atoms in total. The summed E-state index contributed by atoms with van der Waals surface area (Å²) in [7, 11) is 0.436. The van der Waals surface area contributed by atoms with Gasteiger partial charge >= 0.3 is 7.69 Å². The van der Waals surface area contributed by atoms with Gasteiger partial charge in [0.1, 0.15) is 5.58 Å². The highest BCUT2D eigenvalue weighted by atomic mass is 19.1. The molecule has 0 aliphatic carbocycles. The van der Waals surface area contributed by atoms with Crippen LogP contribution >= 0.6 is 0 Å². The molecular formula is C12H7BFO3. The van der Waals surface area contributed by atoms with E-state index in [0.29, 0.717) is 13.3 Å². The van der Waals surface area contributed by atoms with Gasteiger partial charge in [-0.15, -0.1) is 0 Å². The summed E-state index contributed by atoms with van der Waals surface area (Å²) >= 11 is 0. The average Bonchev–Trinajstić information content (AvgIpc) is 2.72. The Kier molecular flexibility index (Phi) is 2.26. The molecule has 0 atom stereocenters. The van der Waals surface area contributed by atoms with Crippen LogP contribution in [0.2, 0.25) is 0 Å². The fourth-order valence-electron chi connectivity index (χ4n) is 1.90. The van der Waals surface area contributed by atoms with Crippen LogP contribution in [0.3, 0.4) is 0 Å². The first-order valence-electron chi connectivity index (χ1n) is 5.03. The molecule has 1 aromatic heterocycles. The predicted molar refractivity (Wildman–Crippen MR) is 62.3 cm³/mol. The summed E-state index contributed by atoms with van der Waals surface area (Å²) in [6.07, 6.45) is 0. The second-order valence-corrected chi connectivity index (χ2v) is 3.57. The van der Waals surface area contributed by atoms with Crippen LogP contribution in [0.15, 0.2) is 40.8 Å². The van der Waals surface area contributed by atoms with Crippen LogP contribution in [-0.4, -0.2) is 12.7 Å². The maximum absolute atomic E-state index is 13.5. The summed E-state index contributed by atoms with van der Waals surface area (Å²) in [4.78, 5) is 0. The Hall–Kier alpha value is -2.01. The standard InChI is InChI=1S/C12H7BFO3/c14-9-6-5-8-7-3-1-2-4-10(7)16-11(8)12(9)17-13-15/h1-6,15H. The van der Waals surface area contributed by atoms with Crippen molar-refractivity contribution in [1.29, 1.82) is 0 Å². The topological polar surface area (TPSA) is 42.6 Å². The van der Waals surface area contributed by atoms with E-state index in [1.165, 1.54) is 6.07 Å². The number of benzene rings is 2. The molecule has 0 unspecified atom stereocenters. The van der Waals surface area contributed by atoms with Crippen LogP contribution in [-0.2, 0) is 0 Å². The highest BCUT2D eigenvalue weighted by Crippen LogP contribution is 2.35. The van der Waals surface area contributed by atoms with Crippen molar-refractivity contribution in [1.82, 2.24) is 0 Å². The molecule has 17 heavy (non-hydrogen) atoms. The van der Waals surface area contributed by atoms with Crippen molar-refractivity contribution >= 4 is 29.6 Å². The summed E-state index contributed by atoms with van der Waals surface area (Å²) in [5, 5.41) is 10.3. The number of rotatable bonds is 2. The number of para-hydroxylation sites is 1. The first-order chi connectivity index (χ1) is 8.31. The van der Waals surface area contributed by atoms with Gasteiger partial charge in [-0.1, -0.05) is 18.2 Å². The van der Waals surface area contributed by atoms with Crippen molar-refractivity contribution in [2.24, 2.45) is 0 Å². The van der Waals surface area contributed by atoms with Gasteiger partial charge in [-0.2, -0.15) is 0 Å². The van der Waals surface area contributed by atoms with E-state index in [4.69, 9.17) is 14.1 Å². The Morgan fingerprint density at radius 2 is 1.94 bits per heavy atom. The molecule has 2 aromatic carbocycles. The molecule has 0 bridgehead atoms. The van der Waals surface area contributed by atoms with Gasteiger partial charge in [-0.3, -0.25) is 0 Å². The second kappa shape index (κ2) is 3.78. The number of furan rings is 1. The van der Waals surface area contributed by atoms with Crippen LogP contribution in [0.4, 0.5) is 4.39 Å². The molecule has 0 aliphatic rings. The zero-order chi connectivity index (χ0) is 11.8. The third kappa shape index (κ3) is 1.47. The van der Waals surface area contributed by atoms with Crippen molar-refractivity contribution in [3.05, 3.63) is 42.2 Å². The monoisotopic (exact) mass is 229 g/mol. The zero-order valence-corrected chi connectivity index (χ0v) is 8.68. The molecule has 0 spiro atoms. The van der Waals surface area contributed by atoms with E-state index in [9.17, 15) is 4.39 Å². The molecule has 1 N–H and O–H groups in total. The molecule has 0 saturated heterocycles. The summed E-state index contributed by atoms with van der Waals surface area (Å²) in [5.74, 6) is -0.692. The van der Waals surface area contributed by atoms with Crippen LogP contribution in [0, 0.1) is 5.82 Å². The minimum absolute atomic E-state index is 0.110. The molecule has 1 radical (unpaired) electrons. The largest absolute Gasteiger partial charge is 0.569 e. The van der Waals surface area contributed by atoms with Gasteiger partial charge < -0.3 is 14.1 Å². The van der Waals surface area contributed by atoms with Crippen molar-refractivity contribution in [3.63, 3.8) is 0 Å². The molecule has 0 amide bonds. The molecule has 3 aromatic rings. The summed E-state index contributed by atoms with van der Waals surface area (Å²) in [6.45, 7) is 0. The van der Waals surface area contributed by atoms with E-state index in [1.54, 1.807) is 12.1 Å².